The van der Waals surface area contributed by atoms with Gasteiger partial charge in [-0.25, -0.2) is 0 Å². The average molecular weight is 290 g/mol. The normalized spacial score (nSPS) is 15.3. The van der Waals surface area contributed by atoms with Gasteiger partial charge in [0.05, 0.1) is 33.8 Å². The van der Waals surface area contributed by atoms with Crippen molar-refractivity contribution in [1.82, 2.24) is 0 Å². The van der Waals surface area contributed by atoms with Gasteiger partial charge in [0.25, 0.3) is 0 Å². The van der Waals surface area contributed by atoms with Crippen molar-refractivity contribution >= 4 is 6.08 Å². The van der Waals surface area contributed by atoms with Crippen LogP contribution >= 0.6 is 0 Å². The molecule has 1 rings (SSSR count). The Morgan fingerprint density at radius 2 is 1.76 bits per heavy atom. The minimum Gasteiger partial charge on any atom is -0.389 e. The zero-order valence-electron chi connectivity index (χ0n) is 14.1. The summed E-state index contributed by atoms with van der Waals surface area (Å²) in [5, 5.41) is 10.5. The van der Waals surface area contributed by atoms with Crippen molar-refractivity contribution in [3.63, 3.8) is 0 Å². The third-order valence-electron chi connectivity index (χ3n) is 3.73. The molecule has 0 radical (unpaired) electrons. The topological polar surface area (TPSA) is 20.2 Å². The molecule has 0 aliphatic heterocycles. The second-order valence-corrected chi connectivity index (χ2v) is 6.99. The Hall–Kier alpha value is -1.12. The van der Waals surface area contributed by atoms with E-state index in [1.54, 1.807) is 0 Å². The van der Waals surface area contributed by atoms with E-state index < -0.39 is 0 Å². The van der Waals surface area contributed by atoms with Crippen LogP contribution in [0.1, 0.15) is 38.2 Å². The van der Waals surface area contributed by atoms with Crippen LogP contribution in [0.2, 0.25) is 0 Å². The maximum absolute atomic E-state index is 10.5. The fourth-order valence-corrected chi connectivity index (χ4v) is 2.66. The molecule has 2 atom stereocenters. The van der Waals surface area contributed by atoms with E-state index in [2.05, 4.69) is 40.2 Å². The second kappa shape index (κ2) is 9.01. The smallest absolute Gasteiger partial charge is 0.0837 e. The molecule has 0 aliphatic rings. The Kier molecular flexibility index (Phi) is 7.69. The van der Waals surface area contributed by atoms with Gasteiger partial charge in [0.2, 0.25) is 0 Å². The van der Waals surface area contributed by atoms with Gasteiger partial charge in [-0.15, -0.1) is 0 Å². The van der Waals surface area contributed by atoms with Gasteiger partial charge >= 0.3 is 0 Å². The van der Waals surface area contributed by atoms with Gasteiger partial charge in [0.1, 0.15) is 0 Å². The Balaban J connectivity index is 2.65. The SMILES string of the molecule is CCCCCC(C[N+](C)(C)C)C(O)/C=C/c1ccccc1. The molecular formula is C19H32NO+. The summed E-state index contributed by atoms with van der Waals surface area (Å²) in [5.74, 6) is 0.330. The number of hydrogen-bond donors (Lipinski definition) is 1. The highest BCUT2D eigenvalue weighted by molar-refractivity contribution is 5.49. The summed E-state index contributed by atoms with van der Waals surface area (Å²) in [4.78, 5) is 0. The largest absolute Gasteiger partial charge is 0.389 e. The maximum atomic E-state index is 10.5. The summed E-state index contributed by atoms with van der Waals surface area (Å²) in [7, 11) is 6.58. The summed E-state index contributed by atoms with van der Waals surface area (Å²) in [5.41, 5.74) is 1.15. The van der Waals surface area contributed by atoms with Crippen LogP contribution in [0.4, 0.5) is 0 Å². The van der Waals surface area contributed by atoms with Gasteiger partial charge in [0, 0.05) is 5.92 Å². The molecule has 0 spiro atoms. The Labute approximate surface area is 130 Å². The predicted molar refractivity (Wildman–Crippen MR) is 92.0 cm³/mol. The third kappa shape index (κ3) is 8.03. The molecule has 2 heteroatoms. The highest BCUT2D eigenvalue weighted by Gasteiger charge is 2.23. The minimum atomic E-state index is -0.362. The molecule has 2 nitrogen and oxygen atoms in total. The summed E-state index contributed by atoms with van der Waals surface area (Å²) in [6, 6.07) is 10.2. The highest BCUT2D eigenvalue weighted by Crippen LogP contribution is 2.19. The molecule has 1 aromatic rings. The lowest BCUT2D eigenvalue weighted by atomic mass is 9.93. The summed E-state index contributed by atoms with van der Waals surface area (Å²) in [6.07, 6.45) is 8.42. The number of rotatable bonds is 9. The van der Waals surface area contributed by atoms with E-state index >= 15 is 0 Å². The summed E-state index contributed by atoms with van der Waals surface area (Å²) < 4.78 is 0.896. The fraction of sp³-hybridized carbons (Fsp3) is 0.579. The van der Waals surface area contributed by atoms with Gasteiger partial charge in [-0.1, -0.05) is 68.7 Å². The number of nitrogens with zero attached hydrogens (tertiary/aromatic N) is 1. The maximum Gasteiger partial charge on any atom is 0.0837 e. The van der Waals surface area contributed by atoms with Crippen LogP contribution in [-0.4, -0.2) is 43.4 Å². The van der Waals surface area contributed by atoms with Crippen LogP contribution in [0.5, 0.6) is 0 Å². The second-order valence-electron chi connectivity index (χ2n) is 6.99. The third-order valence-corrected chi connectivity index (χ3v) is 3.73. The minimum absolute atomic E-state index is 0.330. The average Bonchev–Trinajstić information content (AvgIpc) is 2.44. The van der Waals surface area contributed by atoms with Gasteiger partial charge in [-0.05, 0) is 12.0 Å². The van der Waals surface area contributed by atoms with E-state index in [1.165, 1.54) is 19.3 Å². The first-order valence-corrected chi connectivity index (χ1v) is 8.14. The molecule has 0 saturated heterocycles. The van der Waals surface area contributed by atoms with Gasteiger partial charge in [0.15, 0.2) is 0 Å². The first-order chi connectivity index (χ1) is 9.92. The molecule has 118 valence electrons. The first-order valence-electron chi connectivity index (χ1n) is 8.14. The van der Waals surface area contributed by atoms with Crippen LogP contribution in [0.25, 0.3) is 6.08 Å². The number of quaternary nitrogens is 1. The lowest BCUT2D eigenvalue weighted by Gasteiger charge is -2.31. The fourth-order valence-electron chi connectivity index (χ4n) is 2.66. The molecule has 0 saturated carbocycles. The number of aliphatic hydroxyl groups excluding tert-OH is 1. The molecule has 2 unspecified atom stereocenters. The monoisotopic (exact) mass is 290 g/mol. The molecular weight excluding hydrogens is 258 g/mol. The lowest BCUT2D eigenvalue weighted by molar-refractivity contribution is -0.874. The summed E-state index contributed by atoms with van der Waals surface area (Å²) >= 11 is 0. The van der Waals surface area contributed by atoms with E-state index in [4.69, 9.17) is 0 Å². The molecule has 21 heavy (non-hydrogen) atoms. The molecule has 0 bridgehead atoms. The van der Waals surface area contributed by atoms with Crippen molar-refractivity contribution in [2.24, 2.45) is 5.92 Å². The van der Waals surface area contributed by atoms with Crippen LogP contribution in [-0.2, 0) is 0 Å². The molecule has 1 aromatic carbocycles. The van der Waals surface area contributed by atoms with Crippen LogP contribution < -0.4 is 0 Å². The molecule has 0 fully saturated rings. The van der Waals surface area contributed by atoms with Crippen molar-refractivity contribution in [2.75, 3.05) is 27.7 Å². The number of hydrogen-bond acceptors (Lipinski definition) is 1. The van der Waals surface area contributed by atoms with Gasteiger partial charge in [-0.3, -0.25) is 0 Å². The highest BCUT2D eigenvalue weighted by atomic mass is 16.3. The van der Waals surface area contributed by atoms with Crippen LogP contribution in [0, 0.1) is 5.92 Å². The van der Waals surface area contributed by atoms with E-state index in [-0.39, 0.29) is 6.10 Å². The Bertz CT molecular complexity index is 405. The quantitative estimate of drug-likeness (QED) is 0.539. The standard InChI is InChI=1S/C19H32NO/c1-5-6-8-13-18(16-20(2,3)4)19(21)15-14-17-11-9-7-10-12-17/h7,9-12,14-15,18-19,21H,5-6,8,13,16H2,1-4H3/q+1/b15-14+. The van der Waals surface area contributed by atoms with Crippen LogP contribution in [0.3, 0.4) is 0 Å². The molecule has 1 N–H and O–H groups in total. The zero-order chi connectivity index (χ0) is 15.7. The summed E-state index contributed by atoms with van der Waals surface area (Å²) in [6.45, 7) is 3.23. The molecule has 0 aromatic heterocycles. The number of aliphatic hydroxyl groups is 1. The molecule has 0 heterocycles. The molecule has 0 aliphatic carbocycles. The van der Waals surface area contributed by atoms with Crippen molar-refractivity contribution in [1.29, 1.82) is 0 Å². The lowest BCUT2D eigenvalue weighted by Crippen LogP contribution is -2.42. The van der Waals surface area contributed by atoms with Gasteiger partial charge < -0.3 is 9.59 Å². The number of unbranched alkanes of at least 4 members (excludes halogenated alkanes) is 2. The zero-order valence-corrected chi connectivity index (χ0v) is 14.1. The van der Waals surface area contributed by atoms with Crippen LogP contribution in [0.15, 0.2) is 36.4 Å². The Morgan fingerprint density at radius 1 is 1.10 bits per heavy atom. The van der Waals surface area contributed by atoms with Crippen molar-refractivity contribution < 1.29 is 9.59 Å². The van der Waals surface area contributed by atoms with Crippen molar-refractivity contribution in [2.45, 2.75) is 38.7 Å². The van der Waals surface area contributed by atoms with Crippen molar-refractivity contribution in [3.8, 4) is 0 Å². The predicted octanol–water partition coefficient (Wildman–Crippen LogP) is 3.96. The van der Waals surface area contributed by atoms with E-state index in [9.17, 15) is 5.11 Å². The Morgan fingerprint density at radius 3 is 2.33 bits per heavy atom. The van der Waals surface area contributed by atoms with E-state index in [0.29, 0.717) is 5.92 Å². The molecule has 0 amide bonds. The first kappa shape index (κ1) is 17.9. The van der Waals surface area contributed by atoms with E-state index in [0.717, 1.165) is 23.0 Å². The van der Waals surface area contributed by atoms with E-state index in [1.807, 2.05) is 30.4 Å². The van der Waals surface area contributed by atoms with Crippen molar-refractivity contribution in [3.05, 3.63) is 42.0 Å². The number of benzene rings is 1. The van der Waals surface area contributed by atoms with Gasteiger partial charge in [-0.2, -0.15) is 0 Å².